The van der Waals surface area contributed by atoms with Crippen molar-refractivity contribution in [2.24, 2.45) is 0 Å². The Labute approximate surface area is 97.4 Å². The predicted octanol–water partition coefficient (Wildman–Crippen LogP) is 1.31. The normalized spacial score (nSPS) is 45.4. The average Bonchev–Trinajstić information content (AvgIpc) is 2.57. The molecule has 0 unspecified atom stereocenters. The molecule has 0 N–H and O–H groups in total. The maximum Gasteiger partial charge on any atom is 0.186 e. The molecule has 0 aromatic rings. The van der Waals surface area contributed by atoms with Crippen molar-refractivity contribution >= 4 is 22.6 Å². The summed E-state index contributed by atoms with van der Waals surface area (Å²) in [4.78, 5) is 0. The maximum atomic E-state index is 5.78. The van der Waals surface area contributed by atoms with Crippen molar-refractivity contribution in [2.45, 2.75) is 44.2 Å². The monoisotopic (exact) mass is 314 g/mol. The van der Waals surface area contributed by atoms with Crippen molar-refractivity contribution in [3.05, 3.63) is 0 Å². The van der Waals surface area contributed by atoms with Crippen molar-refractivity contribution in [3.63, 3.8) is 0 Å². The molecular formula is C9H15IO4. The molecule has 0 spiro atoms. The largest absolute Gasteiger partial charge is 0.353 e. The van der Waals surface area contributed by atoms with Crippen molar-refractivity contribution in [1.29, 1.82) is 0 Å². The van der Waals surface area contributed by atoms with Gasteiger partial charge in [0.05, 0.1) is 6.10 Å². The van der Waals surface area contributed by atoms with E-state index in [-0.39, 0.29) is 24.6 Å². The van der Waals surface area contributed by atoms with Gasteiger partial charge in [0, 0.05) is 11.5 Å². The standard InChI is InChI=1S/C9H15IO4/c1-9(2)13-6-5(4-10)12-8(11-3)7(6)14-9/h5-8H,4H2,1-3H3/t5-,6-,7-,8-/m0/s1. The average molecular weight is 314 g/mol. The van der Waals surface area contributed by atoms with Gasteiger partial charge in [-0.05, 0) is 13.8 Å². The second kappa shape index (κ2) is 3.86. The van der Waals surface area contributed by atoms with Gasteiger partial charge in [-0.3, -0.25) is 0 Å². The summed E-state index contributed by atoms with van der Waals surface area (Å²) >= 11 is 2.29. The van der Waals surface area contributed by atoms with Crippen LogP contribution in [0.2, 0.25) is 0 Å². The Kier molecular flexibility index (Phi) is 3.05. The number of hydrogen-bond donors (Lipinski definition) is 0. The van der Waals surface area contributed by atoms with E-state index in [9.17, 15) is 0 Å². The van der Waals surface area contributed by atoms with Gasteiger partial charge in [0.2, 0.25) is 0 Å². The van der Waals surface area contributed by atoms with Crippen LogP contribution in [0.25, 0.3) is 0 Å². The molecule has 14 heavy (non-hydrogen) atoms. The Morgan fingerprint density at radius 2 is 1.93 bits per heavy atom. The van der Waals surface area contributed by atoms with Crippen LogP contribution in [0.15, 0.2) is 0 Å². The van der Waals surface area contributed by atoms with Gasteiger partial charge in [0.15, 0.2) is 12.1 Å². The van der Waals surface area contributed by atoms with Crippen LogP contribution in [-0.4, -0.2) is 41.9 Å². The molecule has 0 aromatic carbocycles. The molecule has 2 fully saturated rings. The van der Waals surface area contributed by atoms with Crippen LogP contribution in [0, 0.1) is 0 Å². The zero-order valence-corrected chi connectivity index (χ0v) is 10.7. The zero-order valence-electron chi connectivity index (χ0n) is 8.53. The van der Waals surface area contributed by atoms with Crippen molar-refractivity contribution in [1.82, 2.24) is 0 Å². The minimum atomic E-state index is -0.514. The SMILES string of the molecule is CO[C@H]1O[C@@H](CI)[C@@H]2OC(C)(C)O[C@H]12. The molecule has 0 aromatic heterocycles. The van der Waals surface area contributed by atoms with Gasteiger partial charge >= 0.3 is 0 Å². The second-order valence-electron chi connectivity index (χ2n) is 4.00. The fourth-order valence-corrected chi connectivity index (χ4v) is 2.67. The number of hydrogen-bond acceptors (Lipinski definition) is 4. The molecule has 0 radical (unpaired) electrons. The molecule has 0 saturated carbocycles. The lowest BCUT2D eigenvalue weighted by atomic mass is 10.2. The molecule has 4 atom stereocenters. The minimum absolute atomic E-state index is 0.00634. The van der Waals surface area contributed by atoms with Gasteiger partial charge < -0.3 is 18.9 Å². The first-order chi connectivity index (χ1) is 6.57. The molecule has 0 bridgehead atoms. The third kappa shape index (κ3) is 1.80. The van der Waals surface area contributed by atoms with Crippen molar-refractivity contribution in [2.75, 3.05) is 11.5 Å². The van der Waals surface area contributed by atoms with E-state index < -0.39 is 5.79 Å². The molecule has 4 nitrogen and oxygen atoms in total. The van der Waals surface area contributed by atoms with Crippen LogP contribution in [-0.2, 0) is 18.9 Å². The summed E-state index contributed by atoms with van der Waals surface area (Å²) < 4.78 is 23.3. The quantitative estimate of drug-likeness (QED) is 0.569. The molecule has 2 aliphatic rings. The van der Waals surface area contributed by atoms with Crippen LogP contribution < -0.4 is 0 Å². The molecule has 0 aliphatic carbocycles. The van der Waals surface area contributed by atoms with E-state index in [0.29, 0.717) is 0 Å². The van der Waals surface area contributed by atoms with E-state index in [2.05, 4.69) is 22.6 Å². The molecule has 2 aliphatic heterocycles. The molecule has 2 heterocycles. The number of rotatable bonds is 2. The Bertz CT molecular complexity index is 201. The van der Waals surface area contributed by atoms with Gasteiger partial charge in [-0.15, -0.1) is 0 Å². The van der Waals surface area contributed by atoms with Crippen LogP contribution in [0.5, 0.6) is 0 Å². The van der Waals surface area contributed by atoms with E-state index in [0.717, 1.165) is 4.43 Å². The number of halogens is 1. The third-order valence-corrected chi connectivity index (χ3v) is 3.36. The summed E-state index contributed by atoms with van der Waals surface area (Å²) in [6, 6.07) is 0. The lowest BCUT2D eigenvalue weighted by Crippen LogP contribution is -2.30. The van der Waals surface area contributed by atoms with Crippen LogP contribution in [0.1, 0.15) is 13.8 Å². The summed E-state index contributed by atoms with van der Waals surface area (Å²) in [5.74, 6) is -0.514. The topological polar surface area (TPSA) is 36.9 Å². The minimum Gasteiger partial charge on any atom is -0.353 e. The number of fused-ring (bicyclic) bond motifs is 1. The van der Waals surface area contributed by atoms with E-state index in [1.54, 1.807) is 7.11 Å². The highest BCUT2D eigenvalue weighted by molar-refractivity contribution is 14.1. The van der Waals surface area contributed by atoms with E-state index in [1.807, 2.05) is 13.8 Å². The smallest absolute Gasteiger partial charge is 0.186 e. The van der Waals surface area contributed by atoms with Crippen molar-refractivity contribution < 1.29 is 18.9 Å². The van der Waals surface area contributed by atoms with E-state index in [4.69, 9.17) is 18.9 Å². The maximum absolute atomic E-state index is 5.78. The van der Waals surface area contributed by atoms with Crippen LogP contribution in [0.3, 0.4) is 0 Å². The van der Waals surface area contributed by atoms with Gasteiger partial charge in [-0.2, -0.15) is 0 Å². The highest BCUT2D eigenvalue weighted by atomic mass is 127. The van der Waals surface area contributed by atoms with Gasteiger partial charge in [0.1, 0.15) is 12.2 Å². The fourth-order valence-electron chi connectivity index (χ4n) is 1.96. The Hall–Kier alpha value is 0.570. The highest BCUT2D eigenvalue weighted by Gasteiger charge is 2.55. The molecule has 0 amide bonds. The fraction of sp³-hybridized carbons (Fsp3) is 1.00. The lowest BCUT2D eigenvalue weighted by molar-refractivity contribution is -0.223. The van der Waals surface area contributed by atoms with Gasteiger partial charge in [-0.1, -0.05) is 22.6 Å². The zero-order chi connectivity index (χ0) is 10.3. The first-order valence-electron chi connectivity index (χ1n) is 4.67. The van der Waals surface area contributed by atoms with Crippen LogP contribution >= 0.6 is 22.6 Å². The summed E-state index contributed by atoms with van der Waals surface area (Å²) in [6.45, 7) is 3.84. The van der Waals surface area contributed by atoms with E-state index in [1.165, 1.54) is 0 Å². The van der Waals surface area contributed by atoms with Gasteiger partial charge in [-0.25, -0.2) is 0 Å². The molecule has 2 saturated heterocycles. The number of methoxy groups -OCH3 is 1. The first-order valence-corrected chi connectivity index (χ1v) is 6.20. The van der Waals surface area contributed by atoms with E-state index >= 15 is 0 Å². The Morgan fingerprint density at radius 3 is 2.50 bits per heavy atom. The molecule has 82 valence electrons. The highest BCUT2D eigenvalue weighted by Crippen LogP contribution is 2.39. The summed E-state index contributed by atoms with van der Waals surface area (Å²) in [5, 5.41) is 0. The molecule has 5 heteroatoms. The number of alkyl halides is 1. The molecular weight excluding hydrogens is 299 g/mol. The third-order valence-electron chi connectivity index (χ3n) is 2.49. The predicted molar refractivity (Wildman–Crippen MR) is 58.4 cm³/mol. The Morgan fingerprint density at radius 1 is 1.29 bits per heavy atom. The summed E-state index contributed by atoms with van der Waals surface area (Å²) in [5.41, 5.74) is 0. The summed E-state index contributed by atoms with van der Waals surface area (Å²) in [6.07, 6.45) is -0.296. The molecule has 2 rings (SSSR count). The Balaban J connectivity index is 2.12. The first kappa shape index (κ1) is 11.1. The lowest BCUT2D eigenvalue weighted by Gasteiger charge is -2.22. The second-order valence-corrected chi connectivity index (χ2v) is 4.88. The number of ether oxygens (including phenoxy) is 4. The van der Waals surface area contributed by atoms with Gasteiger partial charge in [0.25, 0.3) is 0 Å². The van der Waals surface area contributed by atoms with Crippen LogP contribution in [0.4, 0.5) is 0 Å². The van der Waals surface area contributed by atoms with Crippen molar-refractivity contribution in [3.8, 4) is 0 Å². The summed E-state index contributed by atoms with van der Waals surface area (Å²) in [7, 11) is 1.63.